The summed E-state index contributed by atoms with van der Waals surface area (Å²) >= 11 is 0. The van der Waals surface area contributed by atoms with Crippen molar-refractivity contribution in [3.8, 4) is 5.75 Å². The van der Waals surface area contributed by atoms with E-state index in [0.29, 0.717) is 6.61 Å². The van der Waals surface area contributed by atoms with Gasteiger partial charge in [-0.05, 0) is 24.1 Å². The second-order valence-electron chi connectivity index (χ2n) is 6.73. The molecule has 146 valence electrons. The zero-order valence-electron chi connectivity index (χ0n) is 16.4. The zero-order valence-corrected chi connectivity index (χ0v) is 16.4. The molecular formula is C23H32N2O2. The number of hydrogen-bond acceptors (Lipinski definition) is 3. The first-order valence-corrected chi connectivity index (χ1v) is 10.1. The molecule has 0 aromatic heterocycles. The van der Waals surface area contributed by atoms with Gasteiger partial charge in [0.25, 0.3) is 0 Å². The molecule has 4 nitrogen and oxygen atoms in total. The van der Waals surface area contributed by atoms with E-state index in [2.05, 4.69) is 29.7 Å². The maximum absolute atomic E-state index is 11.9. The van der Waals surface area contributed by atoms with Gasteiger partial charge in [0, 0.05) is 24.7 Å². The van der Waals surface area contributed by atoms with Crippen LogP contribution in [-0.2, 0) is 11.2 Å². The summed E-state index contributed by atoms with van der Waals surface area (Å²) in [7, 11) is 0. The molecule has 0 aliphatic rings. The lowest BCUT2D eigenvalue weighted by Crippen LogP contribution is -2.30. The molecule has 0 aliphatic carbocycles. The van der Waals surface area contributed by atoms with Crippen LogP contribution in [0.4, 0.5) is 5.69 Å². The average Bonchev–Trinajstić information content (AvgIpc) is 2.70. The maximum Gasteiger partial charge on any atom is 0.239 e. The number of anilines is 1. The number of ether oxygens (including phenoxy) is 1. The molecule has 0 fully saturated rings. The molecular weight excluding hydrogens is 336 g/mol. The fourth-order valence-corrected chi connectivity index (χ4v) is 2.83. The fraction of sp³-hybridized carbons (Fsp3) is 0.435. The smallest absolute Gasteiger partial charge is 0.239 e. The Balaban J connectivity index is 1.63. The highest BCUT2D eigenvalue weighted by atomic mass is 16.5. The second-order valence-corrected chi connectivity index (χ2v) is 6.73. The van der Waals surface area contributed by atoms with E-state index in [4.69, 9.17) is 4.74 Å². The SMILES string of the molecule is CCCCCCCNC(=O)CNc1cccc(OCCc2ccccc2)c1. The lowest BCUT2D eigenvalue weighted by atomic mass is 10.1. The van der Waals surface area contributed by atoms with Gasteiger partial charge in [-0.1, -0.05) is 69.0 Å². The number of unbranched alkanes of at least 4 members (excludes halogenated alkanes) is 4. The Morgan fingerprint density at radius 2 is 1.78 bits per heavy atom. The van der Waals surface area contributed by atoms with E-state index in [9.17, 15) is 4.79 Å². The minimum atomic E-state index is 0.0286. The van der Waals surface area contributed by atoms with E-state index in [1.807, 2.05) is 42.5 Å². The number of hydrogen-bond donors (Lipinski definition) is 2. The third-order valence-corrected chi connectivity index (χ3v) is 4.39. The van der Waals surface area contributed by atoms with Crippen molar-refractivity contribution in [3.63, 3.8) is 0 Å². The Morgan fingerprint density at radius 3 is 2.59 bits per heavy atom. The van der Waals surface area contributed by atoms with Crippen molar-refractivity contribution in [2.75, 3.05) is 25.0 Å². The van der Waals surface area contributed by atoms with Gasteiger partial charge in [-0.15, -0.1) is 0 Å². The van der Waals surface area contributed by atoms with E-state index >= 15 is 0 Å². The molecule has 0 aliphatic heterocycles. The van der Waals surface area contributed by atoms with Crippen molar-refractivity contribution in [2.45, 2.75) is 45.4 Å². The third kappa shape index (κ3) is 9.13. The molecule has 2 N–H and O–H groups in total. The number of carbonyl (C=O) groups is 1. The summed E-state index contributed by atoms with van der Waals surface area (Å²) < 4.78 is 5.83. The monoisotopic (exact) mass is 368 g/mol. The molecule has 0 bridgehead atoms. The molecule has 0 saturated carbocycles. The molecule has 0 atom stereocenters. The Kier molecular flexibility index (Phi) is 9.87. The van der Waals surface area contributed by atoms with Crippen LogP contribution < -0.4 is 15.4 Å². The largest absolute Gasteiger partial charge is 0.493 e. The van der Waals surface area contributed by atoms with Crippen LogP contribution in [0.5, 0.6) is 5.75 Å². The molecule has 4 heteroatoms. The van der Waals surface area contributed by atoms with E-state index < -0.39 is 0 Å². The number of nitrogens with one attached hydrogen (secondary N) is 2. The summed E-state index contributed by atoms with van der Waals surface area (Å²) in [5, 5.41) is 6.13. The summed E-state index contributed by atoms with van der Waals surface area (Å²) in [6.07, 6.45) is 6.88. The van der Waals surface area contributed by atoms with Crippen molar-refractivity contribution >= 4 is 11.6 Å². The van der Waals surface area contributed by atoms with E-state index in [0.717, 1.165) is 30.8 Å². The molecule has 2 rings (SSSR count). The minimum Gasteiger partial charge on any atom is -0.493 e. The normalized spacial score (nSPS) is 10.4. The van der Waals surface area contributed by atoms with E-state index in [1.54, 1.807) is 0 Å². The standard InChI is InChI=1S/C23H32N2O2/c1-2-3-4-5-9-16-24-23(26)19-25-21-13-10-14-22(18-21)27-17-15-20-11-7-6-8-12-20/h6-8,10-14,18,25H,2-5,9,15-17,19H2,1H3,(H,24,26). The van der Waals surface area contributed by atoms with Gasteiger partial charge in [0.05, 0.1) is 13.2 Å². The highest BCUT2D eigenvalue weighted by molar-refractivity contribution is 5.80. The highest BCUT2D eigenvalue weighted by Gasteiger charge is 2.02. The van der Waals surface area contributed by atoms with Gasteiger partial charge in [-0.3, -0.25) is 4.79 Å². The molecule has 0 saturated heterocycles. The Hall–Kier alpha value is -2.49. The summed E-state index contributed by atoms with van der Waals surface area (Å²) in [5.74, 6) is 0.841. The molecule has 27 heavy (non-hydrogen) atoms. The molecule has 0 radical (unpaired) electrons. The first-order valence-electron chi connectivity index (χ1n) is 10.1. The summed E-state index contributed by atoms with van der Waals surface area (Å²) in [6.45, 7) is 3.87. The number of amides is 1. The van der Waals surface area contributed by atoms with Gasteiger partial charge in [0.2, 0.25) is 5.91 Å². The lowest BCUT2D eigenvalue weighted by molar-refractivity contribution is -0.119. The van der Waals surface area contributed by atoms with Crippen molar-refractivity contribution < 1.29 is 9.53 Å². The second kappa shape index (κ2) is 12.8. The maximum atomic E-state index is 11.9. The number of carbonyl (C=O) groups excluding carboxylic acids is 1. The lowest BCUT2D eigenvalue weighted by Gasteiger charge is -2.10. The molecule has 2 aromatic carbocycles. The van der Waals surface area contributed by atoms with Gasteiger partial charge < -0.3 is 15.4 Å². The predicted octanol–water partition coefficient (Wildman–Crippen LogP) is 4.81. The zero-order chi connectivity index (χ0) is 19.2. The molecule has 1 amide bonds. The van der Waals surface area contributed by atoms with Gasteiger partial charge >= 0.3 is 0 Å². The predicted molar refractivity (Wildman–Crippen MR) is 112 cm³/mol. The van der Waals surface area contributed by atoms with Crippen LogP contribution >= 0.6 is 0 Å². The van der Waals surface area contributed by atoms with Crippen LogP contribution in [0.25, 0.3) is 0 Å². The summed E-state index contributed by atoms with van der Waals surface area (Å²) in [4.78, 5) is 11.9. The van der Waals surface area contributed by atoms with Gasteiger partial charge in [-0.25, -0.2) is 0 Å². The quantitative estimate of drug-likeness (QED) is 0.499. The van der Waals surface area contributed by atoms with Crippen LogP contribution in [0.15, 0.2) is 54.6 Å². The van der Waals surface area contributed by atoms with Crippen molar-refractivity contribution in [2.24, 2.45) is 0 Å². The van der Waals surface area contributed by atoms with Crippen LogP contribution in [0, 0.1) is 0 Å². The fourth-order valence-electron chi connectivity index (χ4n) is 2.83. The Bertz CT molecular complexity index is 658. The third-order valence-electron chi connectivity index (χ3n) is 4.39. The summed E-state index contributed by atoms with van der Waals surface area (Å²) in [6, 6.07) is 18.0. The van der Waals surface area contributed by atoms with Crippen LogP contribution in [-0.4, -0.2) is 25.6 Å². The van der Waals surface area contributed by atoms with Gasteiger partial charge in [-0.2, -0.15) is 0 Å². The van der Waals surface area contributed by atoms with Crippen LogP contribution in [0.2, 0.25) is 0 Å². The number of rotatable bonds is 13. The van der Waals surface area contributed by atoms with Gasteiger partial charge in [0.15, 0.2) is 0 Å². The van der Waals surface area contributed by atoms with Crippen LogP contribution in [0.3, 0.4) is 0 Å². The molecule has 0 unspecified atom stereocenters. The van der Waals surface area contributed by atoms with Gasteiger partial charge in [0.1, 0.15) is 5.75 Å². The minimum absolute atomic E-state index is 0.0286. The van der Waals surface area contributed by atoms with Crippen molar-refractivity contribution in [3.05, 3.63) is 60.2 Å². The van der Waals surface area contributed by atoms with Crippen molar-refractivity contribution in [1.29, 1.82) is 0 Å². The molecule has 2 aromatic rings. The number of benzene rings is 2. The average molecular weight is 369 g/mol. The Labute approximate surface area is 163 Å². The highest BCUT2D eigenvalue weighted by Crippen LogP contribution is 2.17. The summed E-state index contributed by atoms with van der Waals surface area (Å²) in [5.41, 5.74) is 2.16. The van der Waals surface area contributed by atoms with Crippen molar-refractivity contribution in [1.82, 2.24) is 5.32 Å². The first-order chi connectivity index (χ1) is 13.3. The topological polar surface area (TPSA) is 50.4 Å². The molecule has 0 heterocycles. The Morgan fingerprint density at radius 1 is 0.963 bits per heavy atom. The van der Waals surface area contributed by atoms with Crippen LogP contribution in [0.1, 0.15) is 44.6 Å². The first kappa shape index (κ1) is 20.8. The van der Waals surface area contributed by atoms with E-state index in [-0.39, 0.29) is 12.5 Å². The van der Waals surface area contributed by atoms with E-state index in [1.165, 1.54) is 31.2 Å². The molecule has 0 spiro atoms.